The number of carbonyl (C=O) groups excluding carboxylic acids is 1. The summed E-state index contributed by atoms with van der Waals surface area (Å²) in [6, 6.07) is 5.43. The number of hydrogen-bond acceptors (Lipinski definition) is 2. The number of aliphatic hydroxyl groups excluding tert-OH is 1. The van der Waals surface area contributed by atoms with Crippen molar-refractivity contribution in [1.29, 1.82) is 0 Å². The molecular weight excluding hydrogens is 188 g/mol. The van der Waals surface area contributed by atoms with E-state index < -0.39 is 0 Å². The van der Waals surface area contributed by atoms with E-state index in [-0.39, 0.29) is 12.4 Å². The molecule has 0 aliphatic rings. The fourth-order valence-electron chi connectivity index (χ4n) is 1.33. The van der Waals surface area contributed by atoms with Crippen LogP contribution >= 0.6 is 0 Å². The maximum atomic E-state index is 11.1. The Bertz CT molecular complexity index is 316. The SMILES string of the molecule is CC.CCc1cc(C(C)=O)ccc1CO. The number of aliphatic hydroxyl groups is 1. The van der Waals surface area contributed by atoms with Crippen molar-refractivity contribution in [1.82, 2.24) is 0 Å². The molecule has 0 bridgehead atoms. The van der Waals surface area contributed by atoms with Crippen molar-refractivity contribution in [3.05, 3.63) is 34.9 Å². The molecule has 0 aromatic heterocycles. The minimum Gasteiger partial charge on any atom is -0.392 e. The molecule has 0 spiro atoms. The highest BCUT2D eigenvalue weighted by molar-refractivity contribution is 5.94. The van der Waals surface area contributed by atoms with E-state index in [1.165, 1.54) is 0 Å². The summed E-state index contributed by atoms with van der Waals surface area (Å²) in [5, 5.41) is 8.99. The number of aryl methyl sites for hydroxylation is 1. The van der Waals surface area contributed by atoms with Gasteiger partial charge in [-0.2, -0.15) is 0 Å². The molecule has 0 fully saturated rings. The topological polar surface area (TPSA) is 37.3 Å². The Hall–Kier alpha value is -1.15. The minimum atomic E-state index is 0.0430. The molecule has 0 radical (unpaired) electrons. The molecule has 0 saturated carbocycles. The van der Waals surface area contributed by atoms with Gasteiger partial charge in [0.05, 0.1) is 6.61 Å². The third-order valence-corrected chi connectivity index (χ3v) is 2.16. The Labute approximate surface area is 91.9 Å². The van der Waals surface area contributed by atoms with Crippen molar-refractivity contribution in [3.63, 3.8) is 0 Å². The molecule has 1 aromatic carbocycles. The number of Topliss-reactive ketones (excluding diaryl/α,β-unsaturated/α-hetero) is 1. The second-order valence-electron chi connectivity index (χ2n) is 3.05. The average Bonchev–Trinajstić information content (AvgIpc) is 2.30. The first-order valence-electron chi connectivity index (χ1n) is 5.42. The normalized spacial score (nSPS) is 9.13. The lowest BCUT2D eigenvalue weighted by molar-refractivity contribution is 0.101. The van der Waals surface area contributed by atoms with Crippen molar-refractivity contribution in [2.24, 2.45) is 0 Å². The predicted octanol–water partition coefficient (Wildman–Crippen LogP) is 2.97. The Morgan fingerprint density at radius 1 is 1.27 bits per heavy atom. The van der Waals surface area contributed by atoms with Gasteiger partial charge in [0.15, 0.2) is 5.78 Å². The van der Waals surface area contributed by atoms with E-state index >= 15 is 0 Å². The van der Waals surface area contributed by atoms with Gasteiger partial charge in [0.2, 0.25) is 0 Å². The summed E-state index contributed by atoms with van der Waals surface area (Å²) in [5.41, 5.74) is 2.68. The maximum absolute atomic E-state index is 11.1. The van der Waals surface area contributed by atoms with Crippen molar-refractivity contribution >= 4 is 5.78 Å². The van der Waals surface area contributed by atoms with E-state index in [4.69, 9.17) is 5.11 Å². The second kappa shape index (κ2) is 7.18. The van der Waals surface area contributed by atoms with Crippen molar-refractivity contribution in [2.45, 2.75) is 40.7 Å². The lowest BCUT2D eigenvalue weighted by atomic mass is 10.0. The molecule has 0 aliphatic heterocycles. The molecule has 0 atom stereocenters. The molecule has 0 amide bonds. The molecule has 2 heteroatoms. The summed E-state index contributed by atoms with van der Waals surface area (Å²) < 4.78 is 0. The first-order valence-corrected chi connectivity index (χ1v) is 5.42. The van der Waals surface area contributed by atoms with Crippen LogP contribution in [-0.4, -0.2) is 10.9 Å². The molecule has 0 saturated heterocycles. The largest absolute Gasteiger partial charge is 0.392 e. The summed E-state index contributed by atoms with van der Waals surface area (Å²) in [7, 11) is 0. The van der Waals surface area contributed by atoms with E-state index in [9.17, 15) is 4.79 Å². The Morgan fingerprint density at radius 2 is 1.87 bits per heavy atom. The summed E-state index contributed by atoms with van der Waals surface area (Å²) in [4.78, 5) is 11.1. The number of rotatable bonds is 3. The Balaban J connectivity index is 0.000000921. The van der Waals surface area contributed by atoms with E-state index in [0.29, 0.717) is 5.56 Å². The van der Waals surface area contributed by atoms with Crippen LogP contribution < -0.4 is 0 Å². The highest BCUT2D eigenvalue weighted by Gasteiger charge is 2.03. The van der Waals surface area contributed by atoms with Gasteiger partial charge in [0, 0.05) is 5.56 Å². The van der Waals surface area contributed by atoms with E-state index in [1.54, 1.807) is 13.0 Å². The van der Waals surface area contributed by atoms with E-state index in [0.717, 1.165) is 17.5 Å². The molecule has 0 heterocycles. The minimum absolute atomic E-state index is 0.0430. The molecule has 1 aromatic rings. The molecule has 2 nitrogen and oxygen atoms in total. The van der Waals surface area contributed by atoms with Gasteiger partial charge >= 0.3 is 0 Å². The van der Waals surface area contributed by atoms with Crippen LogP contribution in [0.4, 0.5) is 0 Å². The van der Waals surface area contributed by atoms with Crippen LogP contribution in [-0.2, 0) is 13.0 Å². The van der Waals surface area contributed by atoms with Gasteiger partial charge in [-0.15, -0.1) is 0 Å². The van der Waals surface area contributed by atoms with Gasteiger partial charge in [-0.3, -0.25) is 4.79 Å². The number of carbonyl (C=O) groups is 1. The van der Waals surface area contributed by atoms with Crippen molar-refractivity contribution in [3.8, 4) is 0 Å². The van der Waals surface area contributed by atoms with E-state index in [1.807, 2.05) is 32.9 Å². The van der Waals surface area contributed by atoms with Gasteiger partial charge in [0.1, 0.15) is 0 Å². The lowest BCUT2D eigenvalue weighted by Crippen LogP contribution is -1.98. The zero-order valence-electron chi connectivity index (χ0n) is 10.0. The molecule has 1 rings (SSSR count). The first-order chi connectivity index (χ1) is 7.19. The summed E-state index contributed by atoms with van der Waals surface area (Å²) in [6.45, 7) is 7.60. The number of benzene rings is 1. The van der Waals surface area contributed by atoms with Crippen LogP contribution in [0.2, 0.25) is 0 Å². The van der Waals surface area contributed by atoms with Crippen LogP contribution in [0.25, 0.3) is 0 Å². The zero-order chi connectivity index (χ0) is 11.8. The highest BCUT2D eigenvalue weighted by Crippen LogP contribution is 2.13. The lowest BCUT2D eigenvalue weighted by Gasteiger charge is -2.06. The van der Waals surface area contributed by atoms with Crippen LogP contribution in [0.1, 0.15) is 49.2 Å². The predicted molar refractivity (Wildman–Crippen MR) is 63.1 cm³/mol. The maximum Gasteiger partial charge on any atom is 0.159 e. The summed E-state index contributed by atoms with van der Waals surface area (Å²) in [5.74, 6) is 0.0687. The fraction of sp³-hybridized carbons (Fsp3) is 0.462. The zero-order valence-corrected chi connectivity index (χ0v) is 10.0. The van der Waals surface area contributed by atoms with Crippen LogP contribution in [0.3, 0.4) is 0 Å². The van der Waals surface area contributed by atoms with Crippen LogP contribution in [0, 0.1) is 0 Å². The highest BCUT2D eigenvalue weighted by atomic mass is 16.3. The summed E-state index contributed by atoms with van der Waals surface area (Å²) >= 11 is 0. The smallest absolute Gasteiger partial charge is 0.159 e. The van der Waals surface area contributed by atoms with Gasteiger partial charge in [0.25, 0.3) is 0 Å². The van der Waals surface area contributed by atoms with Crippen LogP contribution in [0.15, 0.2) is 18.2 Å². The van der Waals surface area contributed by atoms with E-state index in [2.05, 4.69) is 0 Å². The molecule has 84 valence electrons. The quantitative estimate of drug-likeness (QED) is 0.775. The molecule has 0 unspecified atom stereocenters. The number of hydrogen-bond donors (Lipinski definition) is 1. The Kier molecular flexibility index (Phi) is 6.63. The second-order valence-corrected chi connectivity index (χ2v) is 3.05. The third kappa shape index (κ3) is 3.84. The molecular formula is C13H20O2. The Morgan fingerprint density at radius 3 is 2.27 bits per heavy atom. The number of ketones is 1. The molecule has 1 N–H and O–H groups in total. The van der Waals surface area contributed by atoms with Gasteiger partial charge in [-0.05, 0) is 30.5 Å². The standard InChI is InChI=1S/C11H14O2.C2H6/c1-3-9-6-10(8(2)13)4-5-11(9)7-12;1-2/h4-6,12H,3,7H2,1-2H3;1-2H3. The molecule has 15 heavy (non-hydrogen) atoms. The van der Waals surface area contributed by atoms with Crippen molar-refractivity contribution in [2.75, 3.05) is 0 Å². The van der Waals surface area contributed by atoms with Gasteiger partial charge in [-0.1, -0.05) is 32.9 Å². The first kappa shape index (κ1) is 13.8. The monoisotopic (exact) mass is 208 g/mol. The molecule has 0 aliphatic carbocycles. The fourth-order valence-corrected chi connectivity index (χ4v) is 1.33. The van der Waals surface area contributed by atoms with Gasteiger partial charge in [-0.25, -0.2) is 0 Å². The summed E-state index contributed by atoms with van der Waals surface area (Å²) in [6.07, 6.45) is 0.844. The van der Waals surface area contributed by atoms with Crippen LogP contribution in [0.5, 0.6) is 0 Å². The van der Waals surface area contributed by atoms with Gasteiger partial charge < -0.3 is 5.11 Å². The third-order valence-electron chi connectivity index (χ3n) is 2.16. The average molecular weight is 208 g/mol. The van der Waals surface area contributed by atoms with Crippen molar-refractivity contribution < 1.29 is 9.90 Å².